The highest BCUT2D eigenvalue weighted by Gasteiger charge is 2.38. The molecule has 144 valence electrons. The lowest BCUT2D eigenvalue weighted by atomic mass is 9.64. The number of likely N-dealkylation sites (tertiary alicyclic amines) is 1. The van der Waals surface area contributed by atoms with Crippen LogP contribution >= 0.6 is 0 Å². The van der Waals surface area contributed by atoms with Crippen LogP contribution in [0.4, 0.5) is 0 Å². The zero-order chi connectivity index (χ0) is 18.6. The van der Waals surface area contributed by atoms with Crippen LogP contribution in [0.3, 0.4) is 0 Å². The van der Waals surface area contributed by atoms with Gasteiger partial charge >= 0.3 is 0 Å². The van der Waals surface area contributed by atoms with Gasteiger partial charge in [0.05, 0.1) is 0 Å². The Bertz CT molecular complexity index is 602. The molecule has 2 N–H and O–H groups in total. The van der Waals surface area contributed by atoms with E-state index in [1.54, 1.807) is 5.57 Å². The monoisotopic (exact) mass is 354 g/mol. The first kappa shape index (κ1) is 19.6. The largest absolute Gasteiger partial charge is 0.326 e. The lowest BCUT2D eigenvalue weighted by Gasteiger charge is -2.43. The Kier molecular flexibility index (Phi) is 6.58. The van der Waals surface area contributed by atoms with E-state index in [-0.39, 0.29) is 0 Å². The van der Waals surface area contributed by atoms with E-state index in [1.165, 1.54) is 56.3 Å². The van der Waals surface area contributed by atoms with E-state index in [9.17, 15) is 0 Å². The van der Waals surface area contributed by atoms with Crippen molar-refractivity contribution in [3.63, 3.8) is 0 Å². The van der Waals surface area contributed by atoms with Crippen molar-refractivity contribution in [1.82, 2.24) is 4.90 Å². The van der Waals surface area contributed by atoms with Crippen LogP contribution in [-0.4, -0.2) is 30.6 Å². The molecule has 1 saturated heterocycles. The summed E-state index contributed by atoms with van der Waals surface area (Å²) >= 11 is 0. The van der Waals surface area contributed by atoms with Crippen molar-refractivity contribution in [1.29, 1.82) is 0 Å². The second-order valence-electron chi connectivity index (χ2n) is 9.03. The van der Waals surface area contributed by atoms with Gasteiger partial charge in [-0.05, 0) is 68.2 Å². The Morgan fingerprint density at radius 2 is 2.08 bits per heavy atom. The molecular weight excluding hydrogens is 316 g/mol. The number of hydrogen-bond donors (Lipinski definition) is 1. The highest BCUT2D eigenvalue weighted by molar-refractivity contribution is 5.42. The average Bonchev–Trinajstić information content (AvgIpc) is 2.94. The fraction of sp³-hybridized carbons (Fsp3) is 0.667. The molecule has 0 amide bonds. The Hall–Kier alpha value is -1.12. The molecule has 1 heterocycles. The van der Waals surface area contributed by atoms with E-state index in [1.807, 2.05) is 0 Å². The normalized spacial score (nSPS) is 28.5. The van der Waals surface area contributed by atoms with E-state index in [4.69, 9.17) is 5.73 Å². The highest BCUT2D eigenvalue weighted by Crippen LogP contribution is 2.46. The predicted molar refractivity (Wildman–Crippen MR) is 113 cm³/mol. The number of allylic oxidation sites excluding steroid dienone is 7. The van der Waals surface area contributed by atoms with Crippen LogP contribution in [0.2, 0.25) is 0 Å². The molecule has 0 radical (unpaired) electrons. The van der Waals surface area contributed by atoms with Crippen LogP contribution in [0.1, 0.15) is 65.7 Å². The van der Waals surface area contributed by atoms with Crippen LogP contribution in [0, 0.1) is 11.3 Å². The Morgan fingerprint density at radius 3 is 2.73 bits per heavy atom. The van der Waals surface area contributed by atoms with Gasteiger partial charge in [-0.1, -0.05) is 56.6 Å². The third kappa shape index (κ3) is 4.58. The van der Waals surface area contributed by atoms with E-state index in [2.05, 4.69) is 56.1 Å². The molecule has 0 aromatic rings. The third-order valence-electron chi connectivity index (χ3n) is 6.89. The summed E-state index contributed by atoms with van der Waals surface area (Å²) < 4.78 is 0. The lowest BCUT2D eigenvalue weighted by molar-refractivity contribution is 0.112. The summed E-state index contributed by atoms with van der Waals surface area (Å²) in [5.74, 6) is 0.615. The molecule has 0 aromatic heterocycles. The van der Waals surface area contributed by atoms with Crippen molar-refractivity contribution in [2.45, 2.75) is 71.8 Å². The molecule has 2 nitrogen and oxygen atoms in total. The minimum absolute atomic E-state index is 0.372. The van der Waals surface area contributed by atoms with Gasteiger partial charge in [0, 0.05) is 25.0 Å². The predicted octanol–water partition coefficient (Wildman–Crippen LogP) is 5.38. The SMILES string of the molecule is C/C=C\C1=C(C)C=C(C(CN2CCC(N)C2)C2(C)CCCCC2)C=CC1. The van der Waals surface area contributed by atoms with Gasteiger partial charge in [-0.3, -0.25) is 0 Å². The summed E-state index contributed by atoms with van der Waals surface area (Å²) in [5, 5.41) is 0. The minimum Gasteiger partial charge on any atom is -0.326 e. The molecule has 0 spiro atoms. The molecule has 26 heavy (non-hydrogen) atoms. The molecule has 1 aliphatic heterocycles. The van der Waals surface area contributed by atoms with Crippen molar-refractivity contribution in [3.05, 3.63) is 47.1 Å². The molecule has 2 heteroatoms. The van der Waals surface area contributed by atoms with Crippen molar-refractivity contribution in [3.8, 4) is 0 Å². The maximum atomic E-state index is 6.20. The van der Waals surface area contributed by atoms with Gasteiger partial charge in [-0.15, -0.1) is 0 Å². The second kappa shape index (κ2) is 8.71. The molecule has 0 aromatic carbocycles. The van der Waals surface area contributed by atoms with E-state index < -0.39 is 0 Å². The Labute approximate surface area is 160 Å². The van der Waals surface area contributed by atoms with Gasteiger partial charge in [0.2, 0.25) is 0 Å². The van der Waals surface area contributed by atoms with Crippen molar-refractivity contribution >= 4 is 0 Å². The standard InChI is InChI=1S/C24H38N2/c1-4-9-20-10-8-11-21(16-19(20)2)23(18-26-15-12-22(25)17-26)24(3)13-6-5-7-14-24/h4,8-9,11,16,22-23H,5-7,10,12-15,17-18,25H2,1-3H3/b9-4-. The van der Waals surface area contributed by atoms with Crippen LogP contribution < -0.4 is 5.73 Å². The van der Waals surface area contributed by atoms with Crippen molar-refractivity contribution < 1.29 is 0 Å². The van der Waals surface area contributed by atoms with E-state index in [0.29, 0.717) is 17.4 Å². The third-order valence-corrected chi connectivity index (χ3v) is 6.89. The van der Waals surface area contributed by atoms with Gasteiger partial charge in [0.1, 0.15) is 0 Å². The van der Waals surface area contributed by atoms with Gasteiger partial charge in [0.25, 0.3) is 0 Å². The Morgan fingerprint density at radius 1 is 1.31 bits per heavy atom. The minimum atomic E-state index is 0.372. The molecule has 1 saturated carbocycles. The molecular formula is C24H38N2. The number of hydrogen-bond acceptors (Lipinski definition) is 2. The smallest absolute Gasteiger partial charge is 0.0180 e. The maximum absolute atomic E-state index is 6.20. The van der Waals surface area contributed by atoms with Gasteiger partial charge in [-0.25, -0.2) is 0 Å². The van der Waals surface area contributed by atoms with E-state index >= 15 is 0 Å². The zero-order valence-corrected chi connectivity index (χ0v) is 17.1. The van der Waals surface area contributed by atoms with E-state index in [0.717, 1.165) is 19.4 Å². The molecule has 2 unspecified atom stereocenters. The highest BCUT2D eigenvalue weighted by atomic mass is 15.2. The van der Waals surface area contributed by atoms with Crippen LogP contribution in [0.25, 0.3) is 0 Å². The van der Waals surface area contributed by atoms with Crippen molar-refractivity contribution in [2.24, 2.45) is 17.1 Å². The summed E-state index contributed by atoms with van der Waals surface area (Å²) in [6.45, 7) is 10.4. The molecule has 0 bridgehead atoms. The summed E-state index contributed by atoms with van der Waals surface area (Å²) in [6.07, 6.45) is 20.9. The van der Waals surface area contributed by atoms with Crippen LogP contribution in [0.15, 0.2) is 47.1 Å². The molecule has 2 aliphatic carbocycles. The topological polar surface area (TPSA) is 29.3 Å². The fourth-order valence-corrected chi connectivity index (χ4v) is 5.21. The van der Waals surface area contributed by atoms with Gasteiger partial charge < -0.3 is 10.6 Å². The molecule has 3 rings (SSSR count). The summed E-state index contributed by atoms with van der Waals surface area (Å²) in [6, 6.07) is 0.372. The summed E-state index contributed by atoms with van der Waals surface area (Å²) in [7, 11) is 0. The lowest BCUT2D eigenvalue weighted by Crippen LogP contribution is -2.40. The fourth-order valence-electron chi connectivity index (χ4n) is 5.21. The quantitative estimate of drug-likeness (QED) is 0.717. The average molecular weight is 355 g/mol. The van der Waals surface area contributed by atoms with Gasteiger partial charge in [-0.2, -0.15) is 0 Å². The summed E-state index contributed by atoms with van der Waals surface area (Å²) in [5.41, 5.74) is 11.1. The van der Waals surface area contributed by atoms with Crippen LogP contribution in [0.5, 0.6) is 0 Å². The number of nitrogens with two attached hydrogens (primary N) is 1. The number of nitrogens with zero attached hydrogens (tertiary/aromatic N) is 1. The molecule has 3 aliphatic rings. The van der Waals surface area contributed by atoms with Crippen molar-refractivity contribution in [2.75, 3.05) is 19.6 Å². The Balaban J connectivity index is 1.90. The summed E-state index contributed by atoms with van der Waals surface area (Å²) in [4.78, 5) is 2.63. The van der Waals surface area contributed by atoms with Crippen LogP contribution in [-0.2, 0) is 0 Å². The second-order valence-corrected chi connectivity index (χ2v) is 9.03. The molecule has 2 atom stereocenters. The first-order valence-electron chi connectivity index (χ1n) is 10.7. The zero-order valence-electron chi connectivity index (χ0n) is 17.1. The van der Waals surface area contributed by atoms with Gasteiger partial charge in [0.15, 0.2) is 0 Å². The maximum Gasteiger partial charge on any atom is 0.0180 e. The first-order valence-corrected chi connectivity index (χ1v) is 10.7. The number of rotatable bonds is 5. The first-order chi connectivity index (χ1) is 12.5. The molecule has 2 fully saturated rings.